The quantitative estimate of drug-likeness (QED) is 0.588. The molecular weight excluding hydrogens is 299 g/mol. The number of ether oxygens (including phenoxy) is 1. The maximum atomic E-state index is 13.3. The van der Waals surface area contributed by atoms with Crippen molar-refractivity contribution in [2.75, 3.05) is 6.61 Å². The molecule has 0 saturated heterocycles. The molecular formula is C8H7F9O2. The molecule has 0 aliphatic rings. The van der Waals surface area contributed by atoms with Crippen LogP contribution in [0.1, 0.15) is 13.3 Å². The highest BCUT2D eigenvalue weighted by Gasteiger charge is 2.81. The van der Waals surface area contributed by atoms with Crippen molar-refractivity contribution in [3.63, 3.8) is 0 Å². The van der Waals surface area contributed by atoms with Gasteiger partial charge in [0.05, 0.1) is 13.0 Å². The fourth-order valence-corrected chi connectivity index (χ4v) is 1.02. The minimum absolute atomic E-state index is 0.607. The second-order valence-corrected chi connectivity index (χ2v) is 3.35. The smallest absolute Gasteiger partial charge is 0.457 e. The van der Waals surface area contributed by atoms with Crippen LogP contribution in [-0.2, 0) is 9.53 Å². The summed E-state index contributed by atoms with van der Waals surface area (Å²) in [5.74, 6) is -8.95. The molecule has 1 atom stereocenters. The number of esters is 1. The monoisotopic (exact) mass is 306 g/mol. The zero-order chi connectivity index (χ0) is 15.7. The predicted octanol–water partition coefficient (Wildman–Crippen LogP) is 3.41. The molecule has 0 aromatic heterocycles. The summed E-state index contributed by atoms with van der Waals surface area (Å²) in [6.45, 7) is 0.442. The number of carbonyl (C=O) groups is 1. The van der Waals surface area contributed by atoms with Gasteiger partial charge in [0, 0.05) is 0 Å². The van der Waals surface area contributed by atoms with Crippen LogP contribution in [0, 0.1) is 0 Å². The van der Waals surface area contributed by atoms with E-state index in [2.05, 4.69) is 4.74 Å². The number of carbonyl (C=O) groups excluding carboxylic acids is 1. The van der Waals surface area contributed by atoms with Gasteiger partial charge >= 0.3 is 24.2 Å². The number of alkyl halides is 9. The first-order valence-electron chi connectivity index (χ1n) is 4.56. The average Bonchev–Trinajstić information content (AvgIpc) is 2.13. The van der Waals surface area contributed by atoms with E-state index in [9.17, 15) is 44.3 Å². The summed E-state index contributed by atoms with van der Waals surface area (Å²) in [5.41, 5.74) is -6.09. The van der Waals surface area contributed by atoms with Crippen LogP contribution in [0.5, 0.6) is 0 Å². The van der Waals surface area contributed by atoms with Crippen molar-refractivity contribution in [3.05, 3.63) is 0 Å². The maximum Gasteiger partial charge on any atom is 0.457 e. The summed E-state index contributed by atoms with van der Waals surface area (Å²) in [4.78, 5) is 10.6. The van der Waals surface area contributed by atoms with Crippen molar-refractivity contribution < 1.29 is 49.0 Å². The first kappa shape index (κ1) is 17.8. The van der Waals surface area contributed by atoms with Gasteiger partial charge in [-0.15, -0.1) is 0 Å². The zero-order valence-corrected chi connectivity index (χ0v) is 9.13. The molecule has 0 heterocycles. The first-order valence-corrected chi connectivity index (χ1v) is 4.56. The van der Waals surface area contributed by atoms with Crippen molar-refractivity contribution >= 4 is 5.97 Å². The van der Waals surface area contributed by atoms with Crippen LogP contribution < -0.4 is 0 Å². The lowest BCUT2D eigenvalue weighted by Gasteiger charge is -2.35. The standard InChI is InChI=1S/C8H7F9O2/c1-2-19-4(18)3-5(9,7(12,13)14)6(10,11)8(15,16)17/h2-3H2,1H3. The van der Waals surface area contributed by atoms with Gasteiger partial charge in [0.25, 0.3) is 5.67 Å². The molecule has 0 aliphatic heterocycles. The van der Waals surface area contributed by atoms with Crippen molar-refractivity contribution in [1.29, 1.82) is 0 Å². The first-order chi connectivity index (χ1) is 8.20. The number of hydrogen-bond donors (Lipinski definition) is 0. The predicted molar refractivity (Wildman–Crippen MR) is 42.1 cm³/mol. The van der Waals surface area contributed by atoms with Crippen molar-refractivity contribution in [1.82, 2.24) is 0 Å². The molecule has 0 fully saturated rings. The summed E-state index contributed by atoms with van der Waals surface area (Å²) < 4.78 is 114. The number of halogens is 9. The van der Waals surface area contributed by atoms with Crippen LogP contribution in [0.3, 0.4) is 0 Å². The molecule has 0 radical (unpaired) electrons. The summed E-state index contributed by atoms with van der Waals surface area (Å²) in [6, 6.07) is 0. The summed E-state index contributed by atoms with van der Waals surface area (Å²) in [6.07, 6.45) is -16.2. The van der Waals surface area contributed by atoms with Gasteiger partial charge in [-0.2, -0.15) is 35.1 Å². The fraction of sp³-hybridized carbons (Fsp3) is 0.875. The normalized spacial score (nSPS) is 16.9. The van der Waals surface area contributed by atoms with Gasteiger partial charge in [-0.3, -0.25) is 4.79 Å². The largest absolute Gasteiger partial charge is 0.466 e. The van der Waals surface area contributed by atoms with Crippen molar-refractivity contribution in [3.8, 4) is 0 Å². The van der Waals surface area contributed by atoms with Crippen molar-refractivity contribution in [2.45, 2.75) is 37.3 Å². The molecule has 0 aromatic carbocycles. The van der Waals surface area contributed by atoms with Crippen LogP contribution in [0.4, 0.5) is 39.5 Å². The molecule has 0 N–H and O–H groups in total. The van der Waals surface area contributed by atoms with E-state index in [1.54, 1.807) is 0 Å². The molecule has 0 rings (SSSR count). The third-order valence-corrected chi connectivity index (χ3v) is 2.00. The molecule has 0 aliphatic carbocycles. The Morgan fingerprint density at radius 3 is 1.58 bits per heavy atom. The second kappa shape index (κ2) is 5.08. The van der Waals surface area contributed by atoms with E-state index in [0.29, 0.717) is 0 Å². The van der Waals surface area contributed by atoms with Gasteiger partial charge in [0.1, 0.15) is 0 Å². The summed E-state index contributed by atoms with van der Waals surface area (Å²) in [7, 11) is 0. The molecule has 19 heavy (non-hydrogen) atoms. The Kier molecular flexibility index (Phi) is 4.77. The molecule has 1 unspecified atom stereocenters. The van der Waals surface area contributed by atoms with E-state index in [-0.39, 0.29) is 0 Å². The minimum atomic E-state index is -6.82. The second-order valence-electron chi connectivity index (χ2n) is 3.35. The lowest BCUT2D eigenvalue weighted by atomic mass is 9.92. The highest BCUT2D eigenvalue weighted by Crippen LogP contribution is 2.54. The molecule has 0 bridgehead atoms. The third-order valence-electron chi connectivity index (χ3n) is 2.00. The Hall–Kier alpha value is -1.16. The van der Waals surface area contributed by atoms with E-state index in [1.807, 2.05) is 0 Å². The van der Waals surface area contributed by atoms with Crippen LogP contribution in [0.2, 0.25) is 0 Å². The Balaban J connectivity index is 5.63. The topological polar surface area (TPSA) is 26.3 Å². The van der Waals surface area contributed by atoms with Gasteiger partial charge in [-0.05, 0) is 6.92 Å². The van der Waals surface area contributed by atoms with Crippen LogP contribution >= 0.6 is 0 Å². The van der Waals surface area contributed by atoms with E-state index >= 15 is 0 Å². The van der Waals surface area contributed by atoms with Crippen LogP contribution in [0.25, 0.3) is 0 Å². The third kappa shape index (κ3) is 3.24. The van der Waals surface area contributed by atoms with E-state index in [4.69, 9.17) is 0 Å². The van der Waals surface area contributed by atoms with E-state index < -0.39 is 42.9 Å². The van der Waals surface area contributed by atoms with E-state index in [0.717, 1.165) is 6.92 Å². The molecule has 0 spiro atoms. The molecule has 2 nitrogen and oxygen atoms in total. The van der Waals surface area contributed by atoms with Crippen LogP contribution in [-0.4, -0.2) is 36.5 Å². The fourth-order valence-electron chi connectivity index (χ4n) is 1.02. The molecule has 11 heteroatoms. The highest BCUT2D eigenvalue weighted by molar-refractivity contribution is 5.71. The van der Waals surface area contributed by atoms with Gasteiger partial charge in [-0.1, -0.05) is 0 Å². The Morgan fingerprint density at radius 1 is 0.895 bits per heavy atom. The molecule has 114 valence electrons. The average molecular weight is 306 g/mol. The summed E-state index contributed by atoms with van der Waals surface area (Å²) in [5, 5.41) is 0. The zero-order valence-electron chi connectivity index (χ0n) is 9.13. The molecule has 0 amide bonds. The van der Waals surface area contributed by atoms with Gasteiger partial charge in [0.2, 0.25) is 0 Å². The summed E-state index contributed by atoms with van der Waals surface area (Å²) >= 11 is 0. The van der Waals surface area contributed by atoms with Crippen molar-refractivity contribution in [2.24, 2.45) is 0 Å². The van der Waals surface area contributed by atoms with Gasteiger partial charge in [-0.25, -0.2) is 4.39 Å². The van der Waals surface area contributed by atoms with Gasteiger partial charge in [0.15, 0.2) is 0 Å². The maximum absolute atomic E-state index is 13.3. The van der Waals surface area contributed by atoms with Gasteiger partial charge < -0.3 is 4.74 Å². The number of hydrogen-bond acceptors (Lipinski definition) is 2. The SMILES string of the molecule is CCOC(=O)CC(F)(C(F)(F)F)C(F)(F)C(F)(F)F. The molecule has 0 aromatic rings. The van der Waals surface area contributed by atoms with Crippen LogP contribution in [0.15, 0.2) is 0 Å². The molecule has 0 saturated carbocycles. The highest BCUT2D eigenvalue weighted by atomic mass is 19.4. The Bertz CT molecular complexity index is 332. The minimum Gasteiger partial charge on any atom is -0.466 e. The number of rotatable bonds is 4. The lowest BCUT2D eigenvalue weighted by Crippen LogP contribution is -2.62. The Labute approximate surface area is 100 Å². The lowest BCUT2D eigenvalue weighted by molar-refractivity contribution is -0.383. The Morgan fingerprint density at radius 2 is 1.32 bits per heavy atom. The van der Waals surface area contributed by atoms with E-state index in [1.165, 1.54) is 0 Å².